The Balaban J connectivity index is 1.05. The molecule has 236 valence electrons. The summed E-state index contributed by atoms with van der Waals surface area (Å²) in [4.78, 5) is 31.5. The number of fused-ring (bicyclic) bond motifs is 4. The molecule has 2 spiro atoms. The van der Waals surface area contributed by atoms with Crippen molar-refractivity contribution in [3.05, 3.63) is 30.1 Å². The molecule has 1 aliphatic heterocycles. The van der Waals surface area contributed by atoms with E-state index in [4.69, 9.17) is 9.47 Å². The Morgan fingerprint density at radius 1 is 1.02 bits per heavy atom. The number of hydrogen-bond donors (Lipinski definition) is 0. The number of carbonyl (C=O) groups is 2. The minimum absolute atomic E-state index is 0.0221. The maximum Gasteiger partial charge on any atom is 0.339 e. The van der Waals surface area contributed by atoms with Crippen LogP contribution in [0.25, 0.3) is 0 Å². The van der Waals surface area contributed by atoms with Crippen LogP contribution in [0.15, 0.2) is 24.5 Å². The van der Waals surface area contributed by atoms with E-state index in [0.29, 0.717) is 39.7 Å². The summed E-state index contributed by atoms with van der Waals surface area (Å²) in [6.07, 6.45) is 18.4. The molecule has 7 rings (SSSR count). The largest absolute Gasteiger partial charge is 0.458 e. The van der Waals surface area contributed by atoms with E-state index < -0.39 is 0 Å². The van der Waals surface area contributed by atoms with Crippen LogP contribution >= 0.6 is 0 Å². The summed E-state index contributed by atoms with van der Waals surface area (Å²) >= 11 is 0. The topological polar surface area (TPSA) is 68.7 Å². The van der Waals surface area contributed by atoms with Crippen LogP contribution in [-0.4, -0.2) is 53.2 Å². The first-order valence-electron chi connectivity index (χ1n) is 17.6. The fourth-order valence-corrected chi connectivity index (χ4v) is 12.3. The number of aromatic nitrogens is 1. The number of hydrogen-bond acceptors (Lipinski definition) is 5. The second-order valence-electron chi connectivity index (χ2n) is 16.4. The Kier molecular flexibility index (Phi) is 7.30. The van der Waals surface area contributed by atoms with E-state index in [1.54, 1.807) is 19.3 Å². The predicted molar refractivity (Wildman–Crippen MR) is 166 cm³/mol. The van der Waals surface area contributed by atoms with Gasteiger partial charge in [0, 0.05) is 37.8 Å². The summed E-state index contributed by atoms with van der Waals surface area (Å²) in [7, 11) is 0. The number of rotatable bonds is 7. The molecule has 5 aliphatic carbocycles. The van der Waals surface area contributed by atoms with Crippen molar-refractivity contribution >= 4 is 11.9 Å². The van der Waals surface area contributed by atoms with Crippen molar-refractivity contribution in [1.29, 1.82) is 0 Å². The van der Waals surface area contributed by atoms with E-state index in [2.05, 4.69) is 32.7 Å². The van der Waals surface area contributed by atoms with Gasteiger partial charge in [-0.25, -0.2) is 4.79 Å². The summed E-state index contributed by atoms with van der Waals surface area (Å²) in [5, 5.41) is 0. The molecule has 1 aromatic rings. The molecule has 0 N–H and O–H groups in total. The molecule has 2 heterocycles. The van der Waals surface area contributed by atoms with Gasteiger partial charge in [0.2, 0.25) is 5.91 Å². The molecule has 10 atom stereocenters. The Morgan fingerprint density at radius 2 is 1.84 bits per heavy atom. The third kappa shape index (κ3) is 4.46. The average molecular weight is 591 g/mol. The Bertz CT molecular complexity index is 1230. The van der Waals surface area contributed by atoms with Gasteiger partial charge in [0.05, 0.1) is 17.8 Å². The zero-order chi connectivity index (χ0) is 30.2. The third-order valence-electron chi connectivity index (χ3n) is 14.4. The number of ether oxygens (including phenoxy) is 2. The van der Waals surface area contributed by atoms with Crippen LogP contribution in [0, 0.1) is 45.3 Å². The van der Waals surface area contributed by atoms with Crippen LogP contribution in [0.3, 0.4) is 0 Å². The van der Waals surface area contributed by atoms with Crippen LogP contribution in [-0.2, 0) is 14.3 Å². The van der Waals surface area contributed by atoms with E-state index in [-0.39, 0.29) is 29.5 Å². The molecule has 6 fully saturated rings. The van der Waals surface area contributed by atoms with Gasteiger partial charge in [-0.05, 0) is 123 Å². The summed E-state index contributed by atoms with van der Waals surface area (Å²) < 4.78 is 13.2. The zero-order valence-electron chi connectivity index (χ0n) is 27.3. The normalized spacial score (nSPS) is 43.7. The molecule has 5 saturated carbocycles. The molecule has 0 bridgehead atoms. The Morgan fingerprint density at radius 3 is 2.58 bits per heavy atom. The van der Waals surface area contributed by atoms with Crippen LogP contribution in [0.2, 0.25) is 0 Å². The highest BCUT2D eigenvalue weighted by Crippen LogP contribution is 2.87. The van der Waals surface area contributed by atoms with Crippen molar-refractivity contribution in [3.8, 4) is 0 Å². The molecule has 7 unspecified atom stereocenters. The second-order valence-corrected chi connectivity index (χ2v) is 16.4. The van der Waals surface area contributed by atoms with Crippen LogP contribution in [0.5, 0.6) is 0 Å². The summed E-state index contributed by atoms with van der Waals surface area (Å²) in [6, 6.07) is 3.62. The fourth-order valence-electron chi connectivity index (χ4n) is 12.3. The first kappa shape index (κ1) is 29.7. The quantitative estimate of drug-likeness (QED) is 0.308. The summed E-state index contributed by atoms with van der Waals surface area (Å²) in [6.45, 7) is 12.9. The Hall–Kier alpha value is -1.95. The molecular formula is C37H54N2O4. The zero-order valence-corrected chi connectivity index (χ0v) is 27.3. The van der Waals surface area contributed by atoms with E-state index in [1.165, 1.54) is 51.4 Å². The number of amides is 1. The highest BCUT2D eigenvalue weighted by molar-refractivity contribution is 5.89. The molecule has 1 amide bonds. The van der Waals surface area contributed by atoms with Crippen molar-refractivity contribution in [2.45, 2.75) is 130 Å². The van der Waals surface area contributed by atoms with Gasteiger partial charge in [0.25, 0.3) is 0 Å². The SMILES string of the molecule is CCCCN(CC1CCC2C(CC3C4CCC5C(C)(C)[C@@H](OC(=O)c6cccnc6)CC[C@@]56C[C@@]46CCC23C)O1)C(C)=O. The highest BCUT2D eigenvalue weighted by Gasteiger charge is 2.80. The first-order chi connectivity index (χ1) is 20.6. The standard InChI is InChI=1S/C37H54N2O4/c1-6-7-19-39(24(2)40)22-26-10-11-28-30(42-26)20-29-27-12-13-31-34(3,4)32(43-33(41)25-9-8-18-38-21-25)14-15-37(31)23-36(27,37)17-16-35(28,29)5/h8-9,18,21,26-32H,6-7,10-17,19-20,22-23H2,1-5H3/t26?,27?,28?,29?,30?,31?,32-,35?,36-,37+/m0/s1. The van der Waals surface area contributed by atoms with Crippen molar-refractivity contribution in [1.82, 2.24) is 9.88 Å². The van der Waals surface area contributed by atoms with E-state index in [9.17, 15) is 9.59 Å². The molecule has 6 aliphatic rings. The number of unbranched alkanes of at least 4 members (excludes halogenated alkanes) is 1. The minimum Gasteiger partial charge on any atom is -0.458 e. The van der Waals surface area contributed by atoms with Gasteiger partial charge in [-0.3, -0.25) is 9.78 Å². The number of pyridine rings is 1. The maximum atomic E-state index is 13.0. The molecule has 1 aromatic heterocycles. The second kappa shape index (κ2) is 10.6. The van der Waals surface area contributed by atoms with Crippen LogP contribution in [0.1, 0.15) is 122 Å². The van der Waals surface area contributed by atoms with Crippen molar-refractivity contribution < 1.29 is 19.1 Å². The maximum absolute atomic E-state index is 13.0. The first-order valence-corrected chi connectivity index (χ1v) is 17.6. The number of esters is 1. The lowest BCUT2D eigenvalue weighted by atomic mass is 9.46. The third-order valence-corrected chi connectivity index (χ3v) is 14.4. The van der Waals surface area contributed by atoms with Gasteiger partial charge < -0.3 is 14.4 Å². The summed E-state index contributed by atoms with van der Waals surface area (Å²) in [5.74, 6) is 2.80. The smallest absolute Gasteiger partial charge is 0.339 e. The minimum atomic E-state index is -0.224. The molecular weight excluding hydrogens is 536 g/mol. The summed E-state index contributed by atoms with van der Waals surface area (Å²) in [5.41, 5.74) is 1.83. The Labute approximate surface area is 259 Å². The molecule has 0 radical (unpaired) electrons. The molecule has 0 aromatic carbocycles. The van der Waals surface area contributed by atoms with Gasteiger partial charge in [0.15, 0.2) is 0 Å². The molecule has 6 nitrogen and oxygen atoms in total. The number of nitrogens with zero attached hydrogens (tertiary/aromatic N) is 2. The van der Waals surface area contributed by atoms with Gasteiger partial charge in [0.1, 0.15) is 6.10 Å². The van der Waals surface area contributed by atoms with Gasteiger partial charge in [-0.1, -0.05) is 34.1 Å². The lowest BCUT2D eigenvalue weighted by Crippen LogP contribution is -2.55. The van der Waals surface area contributed by atoms with E-state index in [1.807, 2.05) is 17.0 Å². The molecule has 43 heavy (non-hydrogen) atoms. The highest BCUT2D eigenvalue weighted by atomic mass is 16.5. The monoisotopic (exact) mass is 590 g/mol. The van der Waals surface area contributed by atoms with Crippen molar-refractivity contribution in [2.75, 3.05) is 13.1 Å². The molecule has 6 heteroatoms. The number of carbonyl (C=O) groups excluding carboxylic acids is 2. The van der Waals surface area contributed by atoms with E-state index >= 15 is 0 Å². The fraction of sp³-hybridized carbons (Fsp3) is 0.811. The van der Waals surface area contributed by atoms with Gasteiger partial charge >= 0.3 is 5.97 Å². The van der Waals surface area contributed by atoms with Gasteiger partial charge in [-0.15, -0.1) is 0 Å². The van der Waals surface area contributed by atoms with E-state index in [0.717, 1.165) is 50.6 Å². The van der Waals surface area contributed by atoms with Crippen LogP contribution in [0.4, 0.5) is 0 Å². The lowest BCUT2D eigenvalue weighted by Gasteiger charge is -2.59. The van der Waals surface area contributed by atoms with Crippen molar-refractivity contribution in [3.63, 3.8) is 0 Å². The van der Waals surface area contributed by atoms with Gasteiger partial charge in [-0.2, -0.15) is 0 Å². The van der Waals surface area contributed by atoms with Crippen LogP contribution < -0.4 is 0 Å². The molecule has 1 saturated heterocycles. The predicted octanol–water partition coefficient (Wildman–Crippen LogP) is 7.46. The van der Waals surface area contributed by atoms with Crippen molar-refractivity contribution in [2.24, 2.45) is 45.3 Å². The lowest BCUT2D eigenvalue weighted by molar-refractivity contribution is -0.140. The average Bonchev–Trinajstić information content (AvgIpc) is 3.57.